The quantitative estimate of drug-likeness (QED) is 0.684. The molecule has 1 aromatic heterocycles. The van der Waals surface area contributed by atoms with E-state index < -0.39 is 0 Å². The largest absolute Gasteiger partial charge is 0.355 e. The number of carbonyl (C=O) groups is 2. The van der Waals surface area contributed by atoms with Crippen molar-refractivity contribution in [2.24, 2.45) is 0 Å². The van der Waals surface area contributed by atoms with Crippen molar-refractivity contribution >= 4 is 22.7 Å². The summed E-state index contributed by atoms with van der Waals surface area (Å²) >= 11 is 0. The number of amides is 1. The van der Waals surface area contributed by atoms with Crippen molar-refractivity contribution in [1.29, 1.82) is 0 Å². The first-order valence-corrected chi connectivity index (χ1v) is 6.01. The Hall–Kier alpha value is -2.37. The van der Waals surface area contributed by atoms with E-state index in [4.69, 9.17) is 0 Å². The summed E-state index contributed by atoms with van der Waals surface area (Å²) in [7, 11) is 0. The fourth-order valence-electron chi connectivity index (χ4n) is 1.87. The third kappa shape index (κ3) is 3.54. The van der Waals surface area contributed by atoms with Crippen LogP contribution < -0.4 is 11.0 Å². The van der Waals surface area contributed by atoms with Crippen LogP contribution in [0.2, 0.25) is 0 Å². The SMILES string of the molecule is CC(=O)CC(=O)NCCc1ccc2[nH]c(=O)[nH]c2c1. The van der Waals surface area contributed by atoms with E-state index in [0.717, 1.165) is 16.6 Å². The molecule has 0 spiro atoms. The minimum atomic E-state index is -0.261. The second-order valence-corrected chi connectivity index (χ2v) is 4.44. The summed E-state index contributed by atoms with van der Waals surface area (Å²) in [6.45, 7) is 1.85. The molecule has 0 aliphatic carbocycles. The Morgan fingerprint density at radius 3 is 2.68 bits per heavy atom. The van der Waals surface area contributed by atoms with E-state index in [9.17, 15) is 14.4 Å². The number of imidazole rings is 1. The van der Waals surface area contributed by atoms with E-state index >= 15 is 0 Å². The van der Waals surface area contributed by atoms with Gasteiger partial charge in [0.15, 0.2) is 0 Å². The molecule has 100 valence electrons. The first-order valence-electron chi connectivity index (χ1n) is 6.01. The third-order valence-electron chi connectivity index (χ3n) is 2.73. The molecule has 0 unspecified atom stereocenters. The van der Waals surface area contributed by atoms with Crippen molar-refractivity contribution in [1.82, 2.24) is 15.3 Å². The van der Waals surface area contributed by atoms with Crippen molar-refractivity contribution in [3.8, 4) is 0 Å². The molecule has 3 N–H and O–H groups in total. The van der Waals surface area contributed by atoms with Crippen LogP contribution >= 0.6 is 0 Å². The molecule has 0 aliphatic heterocycles. The number of ketones is 1. The van der Waals surface area contributed by atoms with Crippen LogP contribution in [0.5, 0.6) is 0 Å². The summed E-state index contributed by atoms with van der Waals surface area (Å²) in [5.74, 6) is -0.410. The average Bonchev–Trinajstić information content (AvgIpc) is 2.67. The van der Waals surface area contributed by atoms with E-state index in [1.54, 1.807) is 0 Å². The van der Waals surface area contributed by atoms with Gasteiger partial charge in [-0.3, -0.25) is 9.59 Å². The lowest BCUT2D eigenvalue weighted by Gasteiger charge is -2.04. The topological polar surface area (TPSA) is 94.8 Å². The highest BCUT2D eigenvalue weighted by molar-refractivity contribution is 5.96. The van der Waals surface area contributed by atoms with Crippen molar-refractivity contribution in [2.75, 3.05) is 6.54 Å². The molecule has 0 atom stereocenters. The van der Waals surface area contributed by atoms with Crippen LogP contribution in [0.25, 0.3) is 11.0 Å². The number of hydrogen-bond acceptors (Lipinski definition) is 3. The van der Waals surface area contributed by atoms with Gasteiger partial charge in [-0.1, -0.05) is 6.07 Å². The Kier molecular flexibility index (Phi) is 3.79. The summed E-state index contributed by atoms with van der Waals surface area (Å²) in [5, 5.41) is 2.68. The monoisotopic (exact) mass is 261 g/mol. The summed E-state index contributed by atoms with van der Waals surface area (Å²) in [6.07, 6.45) is 0.566. The van der Waals surface area contributed by atoms with Gasteiger partial charge in [0.25, 0.3) is 0 Å². The number of nitrogens with one attached hydrogen (secondary N) is 3. The van der Waals surface area contributed by atoms with Crippen molar-refractivity contribution in [3.63, 3.8) is 0 Å². The van der Waals surface area contributed by atoms with Gasteiger partial charge in [-0.2, -0.15) is 0 Å². The van der Waals surface area contributed by atoms with Gasteiger partial charge in [-0.05, 0) is 31.0 Å². The number of aromatic nitrogens is 2. The predicted molar refractivity (Wildman–Crippen MR) is 70.9 cm³/mol. The predicted octanol–water partition coefficient (Wildman–Crippen LogP) is 0.494. The summed E-state index contributed by atoms with van der Waals surface area (Å²) < 4.78 is 0. The van der Waals surface area contributed by atoms with Crippen LogP contribution in [0.15, 0.2) is 23.0 Å². The van der Waals surface area contributed by atoms with Crippen LogP contribution in [-0.2, 0) is 16.0 Å². The molecule has 6 nitrogen and oxygen atoms in total. The molecular weight excluding hydrogens is 246 g/mol. The first-order chi connectivity index (χ1) is 9.04. The lowest BCUT2D eigenvalue weighted by Crippen LogP contribution is -2.27. The van der Waals surface area contributed by atoms with Crippen LogP contribution in [0.4, 0.5) is 0 Å². The number of fused-ring (bicyclic) bond motifs is 1. The van der Waals surface area contributed by atoms with Crippen molar-refractivity contribution in [3.05, 3.63) is 34.2 Å². The minimum absolute atomic E-state index is 0.0792. The highest BCUT2D eigenvalue weighted by Crippen LogP contribution is 2.10. The Morgan fingerprint density at radius 1 is 1.21 bits per heavy atom. The fourth-order valence-corrected chi connectivity index (χ4v) is 1.87. The molecule has 1 aromatic carbocycles. The number of carbonyl (C=O) groups excluding carboxylic acids is 2. The van der Waals surface area contributed by atoms with Gasteiger partial charge in [0, 0.05) is 6.54 Å². The maximum Gasteiger partial charge on any atom is 0.323 e. The Morgan fingerprint density at radius 2 is 1.95 bits per heavy atom. The van der Waals surface area contributed by atoms with Crippen LogP contribution in [0.3, 0.4) is 0 Å². The Bertz CT molecular complexity index is 669. The van der Waals surface area contributed by atoms with Gasteiger partial charge in [-0.15, -0.1) is 0 Å². The molecule has 1 amide bonds. The molecule has 19 heavy (non-hydrogen) atoms. The zero-order chi connectivity index (χ0) is 13.8. The van der Waals surface area contributed by atoms with E-state index in [-0.39, 0.29) is 23.8 Å². The molecule has 0 radical (unpaired) electrons. The van der Waals surface area contributed by atoms with Gasteiger partial charge >= 0.3 is 5.69 Å². The molecule has 2 aromatic rings. The van der Waals surface area contributed by atoms with Gasteiger partial charge in [-0.25, -0.2) is 4.79 Å². The second kappa shape index (κ2) is 5.51. The number of aromatic amines is 2. The average molecular weight is 261 g/mol. The summed E-state index contributed by atoms with van der Waals surface area (Å²) in [5.41, 5.74) is 2.28. The van der Waals surface area contributed by atoms with Crippen molar-refractivity contribution in [2.45, 2.75) is 19.8 Å². The molecule has 6 heteroatoms. The van der Waals surface area contributed by atoms with Gasteiger partial charge in [0.1, 0.15) is 5.78 Å². The fraction of sp³-hybridized carbons (Fsp3) is 0.308. The molecule has 0 bridgehead atoms. The molecule has 2 rings (SSSR count). The Balaban J connectivity index is 1.92. The van der Waals surface area contributed by atoms with Crippen molar-refractivity contribution < 1.29 is 9.59 Å². The van der Waals surface area contributed by atoms with Gasteiger partial charge < -0.3 is 15.3 Å². The minimum Gasteiger partial charge on any atom is -0.355 e. The Labute approximate surface area is 109 Å². The van der Waals surface area contributed by atoms with Gasteiger partial charge in [0.2, 0.25) is 5.91 Å². The van der Waals surface area contributed by atoms with E-state index in [2.05, 4.69) is 15.3 Å². The zero-order valence-electron chi connectivity index (χ0n) is 10.6. The zero-order valence-corrected chi connectivity index (χ0v) is 10.6. The maximum atomic E-state index is 11.3. The second-order valence-electron chi connectivity index (χ2n) is 4.44. The number of rotatable bonds is 5. The van der Waals surface area contributed by atoms with Crippen LogP contribution in [0.1, 0.15) is 18.9 Å². The lowest BCUT2D eigenvalue weighted by molar-refractivity contribution is -0.127. The van der Waals surface area contributed by atoms with Gasteiger partial charge in [0.05, 0.1) is 17.5 Å². The normalized spacial score (nSPS) is 10.6. The maximum absolute atomic E-state index is 11.3. The molecule has 0 saturated carbocycles. The molecule has 0 aliphatic rings. The molecule has 1 heterocycles. The number of Topliss-reactive ketones (excluding diaryl/α,β-unsaturated/α-hetero) is 1. The summed E-state index contributed by atoms with van der Waals surface area (Å²) in [4.78, 5) is 38.5. The number of benzene rings is 1. The van der Waals surface area contributed by atoms with E-state index in [1.165, 1.54) is 6.92 Å². The van der Waals surface area contributed by atoms with E-state index in [0.29, 0.717) is 13.0 Å². The van der Waals surface area contributed by atoms with Crippen LogP contribution in [0, 0.1) is 0 Å². The highest BCUT2D eigenvalue weighted by Gasteiger charge is 2.04. The highest BCUT2D eigenvalue weighted by atomic mass is 16.2. The molecule has 0 fully saturated rings. The third-order valence-corrected chi connectivity index (χ3v) is 2.73. The smallest absolute Gasteiger partial charge is 0.323 e. The number of hydrogen-bond donors (Lipinski definition) is 3. The lowest BCUT2D eigenvalue weighted by atomic mass is 10.1. The molecule has 0 saturated heterocycles. The standard InChI is InChI=1S/C13H15N3O3/c1-8(17)6-12(18)14-5-4-9-2-3-10-11(7-9)16-13(19)15-10/h2-3,7H,4-6H2,1H3,(H,14,18)(H2,15,16,19). The first kappa shape index (κ1) is 13.1. The van der Waals surface area contributed by atoms with E-state index in [1.807, 2.05) is 18.2 Å². The van der Waals surface area contributed by atoms with Crippen LogP contribution in [-0.4, -0.2) is 28.2 Å². The molecular formula is C13H15N3O3. The number of H-pyrrole nitrogens is 2. The summed E-state index contributed by atoms with van der Waals surface area (Å²) in [6, 6.07) is 5.58.